The molecule has 10 heteroatoms. The van der Waals surface area contributed by atoms with Crippen molar-refractivity contribution in [2.75, 3.05) is 5.73 Å². The third kappa shape index (κ3) is 5.69. The molecule has 0 saturated heterocycles. The zero-order valence-corrected chi connectivity index (χ0v) is 8.83. The summed E-state index contributed by atoms with van der Waals surface area (Å²) >= 11 is 0. The molecule has 0 unspecified atom stereocenters. The van der Waals surface area contributed by atoms with Crippen LogP contribution >= 0.6 is 0 Å². The number of alkyl halides is 3. The van der Waals surface area contributed by atoms with Gasteiger partial charge in [0.25, 0.3) is 0 Å². The van der Waals surface area contributed by atoms with E-state index in [1.807, 2.05) is 6.07 Å². The number of nitrogens with two attached hydrogens (primary N) is 1. The first-order valence-electron chi connectivity index (χ1n) is 3.73. The highest BCUT2D eigenvalue weighted by Gasteiger charge is 2.44. The molecule has 0 fully saturated rings. The maximum Gasteiger partial charge on any atom is 0.522 e. The van der Waals surface area contributed by atoms with Crippen LogP contribution in [0.4, 0.5) is 18.9 Å². The van der Waals surface area contributed by atoms with Crippen LogP contribution in [0.15, 0.2) is 18.3 Å². The van der Waals surface area contributed by atoms with Crippen molar-refractivity contribution in [3.05, 3.63) is 24.0 Å². The topological polar surface area (TPSA) is 117 Å². The van der Waals surface area contributed by atoms with Gasteiger partial charge in [0.2, 0.25) is 0 Å². The molecule has 17 heavy (non-hydrogen) atoms. The monoisotopic (exact) mass is 269 g/mol. The number of hydrogen-bond acceptors (Lipinski definition) is 5. The third-order valence-corrected chi connectivity index (χ3v) is 1.78. The van der Waals surface area contributed by atoms with Gasteiger partial charge in [0.15, 0.2) is 0 Å². The number of aromatic nitrogens is 1. The fraction of sp³-hybridized carbons (Fsp3) is 0.143. The van der Waals surface area contributed by atoms with Crippen molar-refractivity contribution >= 4 is 15.8 Å². The van der Waals surface area contributed by atoms with Gasteiger partial charge in [-0.1, -0.05) is 0 Å². The molecule has 0 atom stereocenters. The molecular weight excluding hydrogens is 263 g/mol. The molecule has 0 aliphatic carbocycles. The number of rotatable bonds is 0. The van der Waals surface area contributed by atoms with Gasteiger partial charge < -0.3 is 5.73 Å². The summed E-state index contributed by atoms with van der Waals surface area (Å²) in [7, 11) is -5.84. The van der Waals surface area contributed by atoms with Crippen molar-refractivity contribution in [2.24, 2.45) is 0 Å². The number of anilines is 1. The highest BCUT2D eigenvalue weighted by molar-refractivity contribution is 7.86. The van der Waals surface area contributed by atoms with E-state index in [1.165, 1.54) is 6.20 Å². The number of halogens is 3. The molecule has 0 aliphatic heterocycles. The third-order valence-electron chi connectivity index (χ3n) is 1.19. The number of hydrogen-bond donors (Lipinski definition) is 2. The van der Waals surface area contributed by atoms with Crippen molar-refractivity contribution in [1.29, 1.82) is 5.26 Å². The summed E-state index contributed by atoms with van der Waals surface area (Å²) in [4.78, 5) is 3.71. The molecular formula is C7H6F3N3O3S. The van der Waals surface area contributed by atoms with Gasteiger partial charge in [-0.25, -0.2) is 4.98 Å². The molecule has 0 aromatic carbocycles. The van der Waals surface area contributed by atoms with Crippen LogP contribution in [0, 0.1) is 11.3 Å². The molecule has 1 aromatic rings. The molecule has 0 radical (unpaired) electrons. The highest BCUT2D eigenvalue weighted by Crippen LogP contribution is 2.20. The predicted molar refractivity (Wildman–Crippen MR) is 51.0 cm³/mol. The molecule has 1 heterocycles. The van der Waals surface area contributed by atoms with Crippen molar-refractivity contribution < 1.29 is 26.1 Å². The molecule has 0 amide bonds. The lowest BCUT2D eigenvalue weighted by Crippen LogP contribution is -2.21. The summed E-state index contributed by atoms with van der Waals surface area (Å²) in [6, 6.07) is 5.11. The molecule has 94 valence electrons. The molecule has 0 aliphatic rings. The van der Waals surface area contributed by atoms with Gasteiger partial charge in [-0.05, 0) is 12.1 Å². The lowest BCUT2D eigenvalue weighted by molar-refractivity contribution is -0.0510. The minimum atomic E-state index is -5.84. The molecule has 1 rings (SSSR count). The molecule has 3 N–H and O–H groups in total. The van der Waals surface area contributed by atoms with Gasteiger partial charge in [0.1, 0.15) is 11.8 Å². The Morgan fingerprint density at radius 1 is 1.41 bits per heavy atom. The van der Waals surface area contributed by atoms with Crippen molar-refractivity contribution in [1.82, 2.24) is 4.98 Å². The van der Waals surface area contributed by atoms with E-state index in [0.717, 1.165) is 0 Å². The molecule has 6 nitrogen and oxygen atoms in total. The number of pyridine rings is 1. The van der Waals surface area contributed by atoms with Crippen LogP contribution < -0.4 is 5.73 Å². The Balaban J connectivity index is 0.000000304. The van der Waals surface area contributed by atoms with E-state index in [1.54, 1.807) is 12.1 Å². The average molecular weight is 269 g/mol. The second-order valence-electron chi connectivity index (χ2n) is 2.51. The fourth-order valence-electron chi connectivity index (χ4n) is 0.471. The van der Waals surface area contributed by atoms with Crippen LogP contribution in [-0.4, -0.2) is 23.5 Å². The first-order valence-corrected chi connectivity index (χ1v) is 5.17. The summed E-state index contributed by atoms with van der Waals surface area (Å²) in [5.41, 5.74) is 0.745. The van der Waals surface area contributed by atoms with Gasteiger partial charge in [-0.15, -0.1) is 0 Å². The maximum atomic E-state index is 10.7. The van der Waals surface area contributed by atoms with E-state index in [-0.39, 0.29) is 0 Å². The van der Waals surface area contributed by atoms with Crippen LogP contribution in [-0.2, 0) is 10.1 Å². The summed E-state index contributed by atoms with van der Waals surface area (Å²) < 4.78 is 57.5. The Bertz CT molecular complexity index is 504. The number of nitrogens with zero attached hydrogens (tertiary/aromatic N) is 2. The minimum absolute atomic E-state index is 0.393. The lowest BCUT2D eigenvalue weighted by Gasteiger charge is -1.97. The first-order chi connectivity index (χ1) is 7.58. The van der Waals surface area contributed by atoms with E-state index < -0.39 is 15.6 Å². The normalized spacial score (nSPS) is 11.0. The van der Waals surface area contributed by atoms with E-state index in [0.29, 0.717) is 11.4 Å². The van der Waals surface area contributed by atoms with Crippen LogP contribution in [0.5, 0.6) is 0 Å². The largest absolute Gasteiger partial charge is 0.522 e. The standard InChI is InChI=1S/C6H5N3.CHF3O3S/c7-3-6-2-1-5(8)4-9-6;2-1(3,4)8(5,6)7/h1-2,4H,8H2;(H,5,6,7). The Kier molecular flexibility index (Phi) is 4.87. The van der Waals surface area contributed by atoms with Crippen LogP contribution in [0.1, 0.15) is 5.69 Å². The molecule has 0 saturated carbocycles. The first kappa shape index (κ1) is 15.1. The molecule has 0 spiro atoms. The van der Waals surface area contributed by atoms with E-state index in [9.17, 15) is 13.2 Å². The zero-order valence-electron chi connectivity index (χ0n) is 8.01. The maximum absolute atomic E-state index is 10.7. The van der Waals surface area contributed by atoms with Crippen LogP contribution in [0.3, 0.4) is 0 Å². The van der Waals surface area contributed by atoms with Gasteiger partial charge in [0, 0.05) is 0 Å². The average Bonchev–Trinajstić information content (AvgIpc) is 2.17. The van der Waals surface area contributed by atoms with Crippen LogP contribution in [0.2, 0.25) is 0 Å². The number of nitrogen functional groups attached to an aromatic ring is 1. The van der Waals surface area contributed by atoms with Gasteiger partial charge in [-0.2, -0.15) is 26.9 Å². The van der Waals surface area contributed by atoms with Gasteiger partial charge in [0.05, 0.1) is 11.9 Å². The minimum Gasteiger partial charge on any atom is -0.397 e. The smallest absolute Gasteiger partial charge is 0.397 e. The second-order valence-corrected chi connectivity index (χ2v) is 3.92. The summed E-state index contributed by atoms with van der Waals surface area (Å²) in [6.45, 7) is 0. The molecule has 0 bridgehead atoms. The number of nitriles is 1. The highest BCUT2D eigenvalue weighted by atomic mass is 32.2. The SMILES string of the molecule is N#Cc1ccc(N)cn1.O=S(=O)(O)C(F)(F)F. The van der Waals surface area contributed by atoms with E-state index >= 15 is 0 Å². The van der Waals surface area contributed by atoms with Crippen molar-refractivity contribution in [3.8, 4) is 6.07 Å². The van der Waals surface area contributed by atoms with Gasteiger partial charge in [-0.3, -0.25) is 4.55 Å². The Hall–Kier alpha value is -1.86. The van der Waals surface area contributed by atoms with Crippen molar-refractivity contribution in [2.45, 2.75) is 5.51 Å². The van der Waals surface area contributed by atoms with Crippen molar-refractivity contribution in [3.63, 3.8) is 0 Å². The zero-order chi connectivity index (χ0) is 13.7. The molecule has 1 aromatic heterocycles. The van der Waals surface area contributed by atoms with Crippen LogP contribution in [0.25, 0.3) is 0 Å². The van der Waals surface area contributed by atoms with E-state index in [2.05, 4.69) is 4.98 Å². The fourth-order valence-corrected chi connectivity index (χ4v) is 0.471. The summed E-state index contributed by atoms with van der Waals surface area (Å²) in [6.07, 6.45) is 1.46. The Morgan fingerprint density at radius 3 is 2.12 bits per heavy atom. The quantitative estimate of drug-likeness (QED) is 0.534. The lowest BCUT2D eigenvalue weighted by atomic mass is 10.3. The predicted octanol–water partition coefficient (Wildman–Crippen LogP) is 0.929. The Labute approximate surface area is 94.2 Å². The second kappa shape index (κ2) is 5.46. The van der Waals surface area contributed by atoms with E-state index in [4.69, 9.17) is 24.0 Å². The Morgan fingerprint density at radius 2 is 1.88 bits per heavy atom. The summed E-state index contributed by atoms with van der Waals surface area (Å²) in [5.74, 6) is 0. The van der Waals surface area contributed by atoms with Gasteiger partial charge >= 0.3 is 15.6 Å². The summed E-state index contributed by atoms with van der Waals surface area (Å²) in [5, 5.41) is 8.28.